The number of rotatable bonds is 2. The summed E-state index contributed by atoms with van der Waals surface area (Å²) in [6.07, 6.45) is 2.41. The molecular weight excluding hydrogens is 247 g/mol. The first-order valence-electron chi connectivity index (χ1n) is 5.88. The number of amides is 1. The summed E-state index contributed by atoms with van der Waals surface area (Å²) in [7, 11) is 0. The van der Waals surface area contributed by atoms with Crippen LogP contribution < -0.4 is 10.1 Å². The molecule has 1 aromatic heterocycles. The van der Waals surface area contributed by atoms with Crippen molar-refractivity contribution in [2.24, 2.45) is 0 Å². The van der Waals surface area contributed by atoms with E-state index in [0.29, 0.717) is 6.61 Å². The Morgan fingerprint density at radius 2 is 2.21 bits per heavy atom. The van der Waals surface area contributed by atoms with Gasteiger partial charge >= 0.3 is 0 Å². The fourth-order valence-corrected chi connectivity index (χ4v) is 2.08. The molecule has 1 amide bonds. The van der Waals surface area contributed by atoms with Crippen molar-refractivity contribution in [1.82, 2.24) is 10.3 Å². The number of nitrogens with one attached hydrogen (secondary N) is 1. The van der Waals surface area contributed by atoms with Crippen molar-refractivity contribution in [2.45, 2.75) is 6.04 Å². The van der Waals surface area contributed by atoms with Crippen LogP contribution in [0.3, 0.4) is 0 Å². The minimum absolute atomic E-state index is 0.0145. The lowest BCUT2D eigenvalue weighted by Gasteiger charge is -2.11. The molecule has 2 aromatic rings. The third-order valence-electron chi connectivity index (χ3n) is 3.02. The molecule has 1 aromatic carbocycles. The minimum Gasteiger partial charge on any atom is -0.491 e. The second-order valence-electron chi connectivity index (χ2n) is 4.23. The number of fused-ring (bicyclic) bond motifs is 1. The minimum atomic E-state index is -0.632. The number of ether oxygens (including phenoxy) is 1. The van der Waals surface area contributed by atoms with Gasteiger partial charge in [0.15, 0.2) is 5.82 Å². The zero-order valence-electron chi connectivity index (χ0n) is 9.97. The largest absolute Gasteiger partial charge is 0.491 e. The molecule has 96 valence electrons. The van der Waals surface area contributed by atoms with Gasteiger partial charge < -0.3 is 10.1 Å². The smallest absolute Gasteiger partial charge is 0.254 e. The molecule has 3 rings (SSSR count). The Morgan fingerprint density at radius 3 is 3.05 bits per heavy atom. The van der Waals surface area contributed by atoms with Crippen LogP contribution in [0.1, 0.15) is 22.0 Å². The van der Waals surface area contributed by atoms with Gasteiger partial charge in [0.1, 0.15) is 12.4 Å². The highest BCUT2D eigenvalue weighted by molar-refractivity contribution is 5.94. The Morgan fingerprint density at radius 1 is 1.37 bits per heavy atom. The molecular formula is C14H11FN2O2. The predicted octanol–water partition coefficient (Wildman–Crippen LogP) is 2.08. The highest BCUT2D eigenvalue weighted by Crippen LogP contribution is 2.31. The van der Waals surface area contributed by atoms with Gasteiger partial charge in [0, 0.05) is 11.8 Å². The van der Waals surface area contributed by atoms with Gasteiger partial charge in [-0.2, -0.15) is 0 Å². The summed E-state index contributed by atoms with van der Waals surface area (Å²) in [5.74, 6) is -0.347. The fraction of sp³-hybridized carbons (Fsp3) is 0.143. The van der Waals surface area contributed by atoms with Gasteiger partial charge in [0.05, 0.1) is 17.8 Å². The molecule has 1 aliphatic heterocycles. The summed E-state index contributed by atoms with van der Waals surface area (Å²) in [4.78, 5) is 15.6. The van der Waals surface area contributed by atoms with Crippen molar-refractivity contribution >= 4 is 5.91 Å². The number of halogens is 1. The van der Waals surface area contributed by atoms with E-state index in [9.17, 15) is 9.18 Å². The highest BCUT2D eigenvalue weighted by Gasteiger charge is 2.26. The summed E-state index contributed by atoms with van der Waals surface area (Å²) in [5, 5.41) is 2.76. The molecule has 2 heterocycles. The molecule has 5 heteroatoms. The number of benzene rings is 1. The number of nitrogens with zero attached hydrogens (tertiary/aromatic N) is 1. The zero-order valence-corrected chi connectivity index (χ0v) is 9.97. The topological polar surface area (TPSA) is 51.2 Å². The molecule has 4 nitrogen and oxygen atoms in total. The quantitative estimate of drug-likeness (QED) is 0.897. The van der Waals surface area contributed by atoms with Crippen molar-refractivity contribution in [3.63, 3.8) is 0 Å². The highest BCUT2D eigenvalue weighted by atomic mass is 19.1. The number of hydrogen-bond acceptors (Lipinski definition) is 3. The Labute approximate surface area is 109 Å². The normalized spacial score (nSPS) is 16.6. The van der Waals surface area contributed by atoms with Gasteiger partial charge in [0.25, 0.3) is 5.91 Å². The summed E-state index contributed by atoms with van der Waals surface area (Å²) >= 11 is 0. The maximum absolute atomic E-state index is 13.5. The number of carbonyl (C=O) groups excluding carboxylic acids is 1. The van der Waals surface area contributed by atoms with Gasteiger partial charge in [-0.05, 0) is 12.1 Å². The van der Waals surface area contributed by atoms with E-state index >= 15 is 0 Å². The van der Waals surface area contributed by atoms with E-state index in [2.05, 4.69) is 10.3 Å². The number of hydrogen-bond donors (Lipinski definition) is 1. The van der Waals surface area contributed by atoms with Crippen LogP contribution in [0.5, 0.6) is 5.75 Å². The van der Waals surface area contributed by atoms with Gasteiger partial charge in [-0.25, -0.2) is 4.39 Å². The van der Waals surface area contributed by atoms with Crippen LogP contribution >= 0.6 is 0 Å². The third kappa shape index (κ3) is 2.14. The van der Waals surface area contributed by atoms with Crippen LogP contribution in [0, 0.1) is 5.82 Å². The van der Waals surface area contributed by atoms with Gasteiger partial charge in [0.2, 0.25) is 0 Å². The van der Waals surface area contributed by atoms with Crippen LogP contribution in [-0.4, -0.2) is 17.5 Å². The number of aromatic nitrogens is 1. The van der Waals surface area contributed by atoms with Crippen molar-refractivity contribution in [3.8, 4) is 5.75 Å². The first kappa shape index (κ1) is 11.6. The van der Waals surface area contributed by atoms with Crippen LogP contribution in [0.25, 0.3) is 0 Å². The van der Waals surface area contributed by atoms with Crippen LogP contribution in [0.2, 0.25) is 0 Å². The lowest BCUT2D eigenvalue weighted by molar-refractivity contribution is 0.0926. The van der Waals surface area contributed by atoms with E-state index in [1.807, 2.05) is 24.3 Å². The summed E-state index contributed by atoms with van der Waals surface area (Å²) in [6, 6.07) is 8.57. The average Bonchev–Trinajstić information content (AvgIpc) is 2.83. The Kier molecular flexibility index (Phi) is 2.87. The van der Waals surface area contributed by atoms with E-state index in [4.69, 9.17) is 4.74 Å². The first-order valence-corrected chi connectivity index (χ1v) is 5.88. The predicted molar refractivity (Wildman–Crippen MR) is 66.3 cm³/mol. The maximum atomic E-state index is 13.5. The van der Waals surface area contributed by atoms with Crippen molar-refractivity contribution in [1.29, 1.82) is 0 Å². The van der Waals surface area contributed by atoms with Gasteiger partial charge in [-0.1, -0.05) is 18.2 Å². The van der Waals surface area contributed by atoms with Crippen LogP contribution in [-0.2, 0) is 0 Å². The molecule has 1 atom stereocenters. The van der Waals surface area contributed by atoms with E-state index in [-0.39, 0.29) is 11.6 Å². The third-order valence-corrected chi connectivity index (χ3v) is 3.02. The Hall–Kier alpha value is -2.43. The van der Waals surface area contributed by atoms with Crippen LogP contribution in [0.15, 0.2) is 42.7 Å². The first-order chi connectivity index (χ1) is 9.25. The molecule has 0 bridgehead atoms. The zero-order chi connectivity index (χ0) is 13.2. The lowest BCUT2D eigenvalue weighted by atomic mass is 10.1. The van der Waals surface area contributed by atoms with Crippen molar-refractivity contribution in [2.75, 3.05) is 6.61 Å². The van der Waals surface area contributed by atoms with Crippen molar-refractivity contribution < 1.29 is 13.9 Å². The molecule has 0 fully saturated rings. The standard InChI is InChI=1S/C14H11FN2O2/c15-11-7-16-6-5-9(11)14(18)17-12-8-19-13-4-2-1-3-10(12)13/h1-7,12H,8H2,(H,17,18). The molecule has 0 spiro atoms. The second-order valence-corrected chi connectivity index (χ2v) is 4.23. The maximum Gasteiger partial charge on any atom is 0.254 e. The van der Waals surface area contributed by atoms with E-state index < -0.39 is 11.7 Å². The molecule has 0 aliphatic carbocycles. The molecule has 0 saturated carbocycles. The molecule has 1 unspecified atom stereocenters. The van der Waals surface area contributed by atoms with Gasteiger partial charge in [-0.3, -0.25) is 9.78 Å². The fourth-order valence-electron chi connectivity index (χ4n) is 2.08. The van der Waals surface area contributed by atoms with Crippen LogP contribution in [0.4, 0.5) is 4.39 Å². The second kappa shape index (κ2) is 4.68. The lowest BCUT2D eigenvalue weighted by Crippen LogP contribution is -2.30. The average molecular weight is 258 g/mol. The molecule has 0 radical (unpaired) electrons. The van der Waals surface area contributed by atoms with E-state index in [1.54, 1.807) is 0 Å². The number of pyridine rings is 1. The summed E-state index contributed by atoms with van der Waals surface area (Å²) < 4.78 is 18.9. The molecule has 0 saturated heterocycles. The number of para-hydroxylation sites is 1. The molecule has 1 N–H and O–H groups in total. The van der Waals surface area contributed by atoms with Gasteiger partial charge in [-0.15, -0.1) is 0 Å². The summed E-state index contributed by atoms with van der Waals surface area (Å²) in [6.45, 7) is 0.359. The Bertz CT molecular complexity index is 630. The SMILES string of the molecule is O=C(NC1COc2ccccc21)c1ccncc1F. The molecule has 19 heavy (non-hydrogen) atoms. The summed E-state index contributed by atoms with van der Waals surface area (Å²) in [5.41, 5.74) is 0.893. The monoisotopic (exact) mass is 258 g/mol. The van der Waals surface area contributed by atoms with E-state index in [1.165, 1.54) is 12.3 Å². The van der Waals surface area contributed by atoms with E-state index in [0.717, 1.165) is 17.5 Å². The molecule has 1 aliphatic rings. The Balaban J connectivity index is 1.81. The van der Waals surface area contributed by atoms with Crippen molar-refractivity contribution in [3.05, 3.63) is 59.7 Å². The number of carbonyl (C=O) groups is 1.